The third-order valence-corrected chi connectivity index (χ3v) is 4.17. The highest BCUT2D eigenvalue weighted by molar-refractivity contribution is 9.10. The molecule has 5 heteroatoms. The summed E-state index contributed by atoms with van der Waals surface area (Å²) in [6, 6.07) is 6.25. The first-order valence-corrected chi connectivity index (χ1v) is 7.39. The molecule has 1 fully saturated rings. The minimum Gasteiger partial charge on any atom is -0.329 e. The number of halogens is 1. The molecule has 2 rings (SSSR count). The van der Waals surface area contributed by atoms with Crippen molar-refractivity contribution in [1.29, 1.82) is 0 Å². The van der Waals surface area contributed by atoms with Gasteiger partial charge in [0.2, 0.25) is 5.91 Å². The smallest absolute Gasteiger partial charge is 0.238 e. The van der Waals surface area contributed by atoms with Gasteiger partial charge in [0.1, 0.15) is 0 Å². The lowest BCUT2D eigenvalue weighted by atomic mass is 10.2. The fourth-order valence-electron chi connectivity index (χ4n) is 2.47. The van der Waals surface area contributed by atoms with Crippen molar-refractivity contribution >= 4 is 27.5 Å². The molecule has 0 aromatic heterocycles. The molecule has 1 aromatic carbocycles. The van der Waals surface area contributed by atoms with Gasteiger partial charge in [-0.15, -0.1) is 0 Å². The Bertz CT molecular complexity index is 464. The molecule has 0 aliphatic carbocycles. The number of hydrogen-bond donors (Lipinski definition) is 2. The minimum absolute atomic E-state index is 0.0184. The van der Waals surface area contributed by atoms with Gasteiger partial charge in [0.15, 0.2) is 0 Å². The molecule has 1 aliphatic heterocycles. The van der Waals surface area contributed by atoms with Gasteiger partial charge in [-0.3, -0.25) is 9.69 Å². The molecule has 3 N–H and O–H groups in total. The number of rotatable bonds is 4. The molecule has 1 aromatic rings. The number of anilines is 1. The summed E-state index contributed by atoms with van der Waals surface area (Å²) >= 11 is 3.47. The molecule has 0 saturated carbocycles. The lowest BCUT2D eigenvalue weighted by Gasteiger charge is -2.22. The average molecular weight is 326 g/mol. The molecule has 0 spiro atoms. The fourth-order valence-corrected chi connectivity index (χ4v) is 3.06. The van der Waals surface area contributed by atoms with Crippen molar-refractivity contribution in [2.24, 2.45) is 5.73 Å². The highest BCUT2D eigenvalue weighted by atomic mass is 79.9. The first-order chi connectivity index (χ1) is 9.10. The number of nitrogens with two attached hydrogens (primary N) is 1. The minimum atomic E-state index is 0.0184. The highest BCUT2D eigenvalue weighted by Crippen LogP contribution is 2.23. The number of aryl methyl sites for hydroxylation is 1. The quantitative estimate of drug-likeness (QED) is 0.891. The van der Waals surface area contributed by atoms with Crippen molar-refractivity contribution in [3.05, 3.63) is 28.2 Å². The van der Waals surface area contributed by atoms with E-state index in [4.69, 9.17) is 5.73 Å². The Morgan fingerprint density at radius 3 is 3.05 bits per heavy atom. The van der Waals surface area contributed by atoms with E-state index in [0.717, 1.165) is 35.1 Å². The zero-order valence-electron chi connectivity index (χ0n) is 11.2. The molecule has 0 bridgehead atoms. The van der Waals surface area contributed by atoms with Crippen LogP contribution in [-0.2, 0) is 4.79 Å². The number of nitrogens with one attached hydrogen (secondary N) is 1. The lowest BCUT2D eigenvalue weighted by molar-refractivity contribution is -0.117. The van der Waals surface area contributed by atoms with Crippen molar-refractivity contribution < 1.29 is 4.79 Å². The molecule has 1 aliphatic rings. The van der Waals surface area contributed by atoms with E-state index in [1.807, 2.05) is 25.1 Å². The van der Waals surface area contributed by atoms with Crippen LogP contribution in [-0.4, -0.2) is 36.5 Å². The van der Waals surface area contributed by atoms with Crippen LogP contribution < -0.4 is 11.1 Å². The van der Waals surface area contributed by atoms with Crippen LogP contribution in [0.5, 0.6) is 0 Å². The van der Waals surface area contributed by atoms with Crippen LogP contribution in [0.1, 0.15) is 18.4 Å². The Labute approximate surface area is 122 Å². The monoisotopic (exact) mass is 325 g/mol. The molecule has 1 atom stereocenters. The summed E-state index contributed by atoms with van der Waals surface area (Å²) in [5, 5.41) is 2.94. The number of likely N-dealkylation sites (tertiary alicyclic amines) is 1. The predicted octanol–water partition coefficient (Wildman–Crippen LogP) is 2.12. The third kappa shape index (κ3) is 3.78. The standard InChI is InChI=1S/C14H20BrN3O/c1-10-4-5-13(12(15)7-10)17-14(19)9-18-6-2-3-11(18)8-16/h4-5,7,11H,2-3,6,8-9,16H2,1H3,(H,17,19). The van der Waals surface area contributed by atoms with Crippen molar-refractivity contribution in [3.63, 3.8) is 0 Å². The Kier molecular flexibility index (Phi) is 4.96. The van der Waals surface area contributed by atoms with Gasteiger partial charge in [-0.2, -0.15) is 0 Å². The third-order valence-electron chi connectivity index (χ3n) is 3.52. The van der Waals surface area contributed by atoms with Crippen molar-refractivity contribution in [2.75, 3.05) is 25.0 Å². The van der Waals surface area contributed by atoms with Gasteiger partial charge in [0.25, 0.3) is 0 Å². The number of benzene rings is 1. The van der Waals surface area contributed by atoms with E-state index in [9.17, 15) is 4.79 Å². The number of hydrogen-bond acceptors (Lipinski definition) is 3. The Morgan fingerprint density at radius 2 is 2.37 bits per heavy atom. The van der Waals surface area contributed by atoms with Crippen LogP contribution in [0.25, 0.3) is 0 Å². The van der Waals surface area contributed by atoms with Gasteiger partial charge in [-0.05, 0) is 59.9 Å². The predicted molar refractivity (Wildman–Crippen MR) is 81.2 cm³/mol. The van der Waals surface area contributed by atoms with Crippen molar-refractivity contribution in [2.45, 2.75) is 25.8 Å². The van der Waals surface area contributed by atoms with Crippen LogP contribution in [0.15, 0.2) is 22.7 Å². The van der Waals surface area contributed by atoms with E-state index >= 15 is 0 Å². The lowest BCUT2D eigenvalue weighted by Crippen LogP contribution is -2.40. The summed E-state index contributed by atoms with van der Waals surface area (Å²) in [6.07, 6.45) is 2.22. The topological polar surface area (TPSA) is 58.4 Å². The Balaban J connectivity index is 1.94. The summed E-state index contributed by atoms with van der Waals surface area (Å²) in [5.41, 5.74) is 7.69. The summed E-state index contributed by atoms with van der Waals surface area (Å²) in [7, 11) is 0. The van der Waals surface area contributed by atoms with Gasteiger partial charge in [0, 0.05) is 17.1 Å². The SMILES string of the molecule is Cc1ccc(NC(=O)CN2CCCC2CN)c(Br)c1. The molecule has 104 valence electrons. The molecule has 0 radical (unpaired) electrons. The van der Waals surface area contributed by atoms with E-state index in [-0.39, 0.29) is 5.91 Å². The van der Waals surface area contributed by atoms with E-state index in [1.54, 1.807) is 0 Å². The van der Waals surface area contributed by atoms with Gasteiger partial charge < -0.3 is 11.1 Å². The van der Waals surface area contributed by atoms with Gasteiger partial charge in [-0.1, -0.05) is 6.07 Å². The maximum Gasteiger partial charge on any atom is 0.238 e. The number of nitrogens with zero attached hydrogens (tertiary/aromatic N) is 1. The van der Waals surface area contributed by atoms with Crippen LogP contribution in [0.4, 0.5) is 5.69 Å². The Morgan fingerprint density at radius 1 is 1.58 bits per heavy atom. The zero-order valence-corrected chi connectivity index (χ0v) is 12.7. The van der Waals surface area contributed by atoms with Gasteiger partial charge in [-0.25, -0.2) is 0 Å². The van der Waals surface area contributed by atoms with Crippen LogP contribution in [0.3, 0.4) is 0 Å². The summed E-state index contributed by atoms with van der Waals surface area (Å²) < 4.78 is 0.914. The van der Waals surface area contributed by atoms with Crippen LogP contribution in [0, 0.1) is 6.92 Å². The molecule has 1 unspecified atom stereocenters. The fraction of sp³-hybridized carbons (Fsp3) is 0.500. The van der Waals surface area contributed by atoms with E-state index in [2.05, 4.69) is 26.1 Å². The molecule has 1 saturated heterocycles. The number of amides is 1. The summed E-state index contributed by atoms with van der Waals surface area (Å²) in [4.78, 5) is 14.2. The maximum atomic E-state index is 12.1. The average Bonchev–Trinajstić information content (AvgIpc) is 2.80. The van der Waals surface area contributed by atoms with Crippen molar-refractivity contribution in [3.8, 4) is 0 Å². The highest BCUT2D eigenvalue weighted by Gasteiger charge is 2.24. The molecule has 1 amide bonds. The molecular weight excluding hydrogens is 306 g/mol. The second kappa shape index (κ2) is 6.50. The maximum absolute atomic E-state index is 12.1. The molecule has 19 heavy (non-hydrogen) atoms. The molecule has 1 heterocycles. The first kappa shape index (κ1) is 14.5. The zero-order chi connectivity index (χ0) is 13.8. The van der Waals surface area contributed by atoms with E-state index < -0.39 is 0 Å². The second-order valence-electron chi connectivity index (χ2n) is 5.03. The van der Waals surface area contributed by atoms with Gasteiger partial charge >= 0.3 is 0 Å². The van der Waals surface area contributed by atoms with Crippen molar-refractivity contribution in [1.82, 2.24) is 4.90 Å². The van der Waals surface area contributed by atoms with Crippen LogP contribution in [0.2, 0.25) is 0 Å². The molecular formula is C14H20BrN3O. The number of carbonyl (C=O) groups excluding carboxylic acids is 1. The number of carbonyl (C=O) groups is 1. The summed E-state index contributed by atoms with van der Waals surface area (Å²) in [5.74, 6) is 0.0184. The summed E-state index contributed by atoms with van der Waals surface area (Å²) in [6.45, 7) is 4.03. The normalized spacial score (nSPS) is 19.6. The van der Waals surface area contributed by atoms with E-state index in [0.29, 0.717) is 19.1 Å². The van der Waals surface area contributed by atoms with E-state index in [1.165, 1.54) is 0 Å². The molecule has 4 nitrogen and oxygen atoms in total. The Hall–Kier alpha value is -0.910. The largest absolute Gasteiger partial charge is 0.329 e. The van der Waals surface area contributed by atoms with Crippen LogP contribution >= 0.6 is 15.9 Å². The first-order valence-electron chi connectivity index (χ1n) is 6.60. The second-order valence-corrected chi connectivity index (χ2v) is 5.89. The van der Waals surface area contributed by atoms with Gasteiger partial charge in [0.05, 0.1) is 12.2 Å².